The van der Waals surface area contributed by atoms with Gasteiger partial charge in [0.05, 0.1) is 6.61 Å². The van der Waals surface area contributed by atoms with Gasteiger partial charge in [0.2, 0.25) is 0 Å². The van der Waals surface area contributed by atoms with Gasteiger partial charge in [0, 0.05) is 25.2 Å². The third-order valence-corrected chi connectivity index (χ3v) is 3.01. The van der Waals surface area contributed by atoms with Crippen LogP contribution in [-0.4, -0.2) is 36.7 Å². The molecule has 0 aromatic rings. The Labute approximate surface area is 89.6 Å². The van der Waals surface area contributed by atoms with Gasteiger partial charge in [-0.3, -0.25) is 4.90 Å². The van der Waals surface area contributed by atoms with Gasteiger partial charge in [-0.1, -0.05) is 13.8 Å². The Hall–Kier alpha value is -0.0800. The van der Waals surface area contributed by atoms with E-state index in [-0.39, 0.29) is 0 Å². The van der Waals surface area contributed by atoms with E-state index in [0.29, 0.717) is 12.1 Å². The fraction of sp³-hybridized carbons (Fsp3) is 1.00. The van der Waals surface area contributed by atoms with Crippen molar-refractivity contribution < 1.29 is 4.74 Å². The molecule has 0 spiro atoms. The van der Waals surface area contributed by atoms with E-state index in [1.54, 1.807) is 0 Å². The van der Waals surface area contributed by atoms with E-state index in [2.05, 4.69) is 39.5 Å². The number of nitrogens with zero attached hydrogens (tertiary/aromatic N) is 1. The van der Waals surface area contributed by atoms with Crippen LogP contribution in [-0.2, 0) is 4.74 Å². The highest BCUT2D eigenvalue weighted by Crippen LogP contribution is 2.10. The zero-order chi connectivity index (χ0) is 11.0. The zero-order valence-electron chi connectivity index (χ0n) is 10.5. The third kappa shape index (κ3) is 4.97. The van der Waals surface area contributed by atoms with E-state index < -0.39 is 0 Å². The minimum atomic E-state index is 0.672. The minimum Gasteiger partial charge on any atom is -0.380 e. The molecule has 2 nitrogen and oxygen atoms in total. The lowest BCUT2D eigenvalue weighted by Gasteiger charge is -2.33. The van der Waals surface area contributed by atoms with Crippen LogP contribution in [0.4, 0.5) is 0 Å². The molecule has 2 unspecified atom stereocenters. The highest BCUT2D eigenvalue weighted by atomic mass is 16.5. The van der Waals surface area contributed by atoms with E-state index in [1.807, 2.05) is 0 Å². The first-order valence-electron chi connectivity index (χ1n) is 6.00. The fourth-order valence-electron chi connectivity index (χ4n) is 1.66. The lowest BCUT2D eigenvalue weighted by molar-refractivity contribution is 0.0740. The molecular weight excluding hydrogens is 174 g/mol. The van der Waals surface area contributed by atoms with Crippen LogP contribution in [0.3, 0.4) is 0 Å². The van der Waals surface area contributed by atoms with Crippen molar-refractivity contribution in [2.24, 2.45) is 0 Å². The first-order valence-corrected chi connectivity index (χ1v) is 6.00. The highest BCUT2D eigenvalue weighted by Gasteiger charge is 2.16. The molecule has 0 aromatic heterocycles. The summed E-state index contributed by atoms with van der Waals surface area (Å²) in [6, 6.07) is 1.34. The predicted octanol–water partition coefficient (Wildman–Crippen LogP) is 2.92. The SMILES string of the molecule is CCOCCN(C(C)CC)C(C)CC. The van der Waals surface area contributed by atoms with Crippen molar-refractivity contribution in [3.8, 4) is 0 Å². The number of hydrogen-bond donors (Lipinski definition) is 0. The van der Waals surface area contributed by atoms with Gasteiger partial charge in [0.1, 0.15) is 0 Å². The quantitative estimate of drug-likeness (QED) is 0.560. The molecule has 0 aliphatic heterocycles. The number of rotatable bonds is 8. The van der Waals surface area contributed by atoms with Crippen molar-refractivity contribution in [1.82, 2.24) is 4.90 Å². The maximum Gasteiger partial charge on any atom is 0.0593 e. The Bertz CT molecular complexity index is 117. The summed E-state index contributed by atoms with van der Waals surface area (Å²) in [5.41, 5.74) is 0. The molecule has 0 aliphatic rings. The van der Waals surface area contributed by atoms with Gasteiger partial charge in [0.15, 0.2) is 0 Å². The van der Waals surface area contributed by atoms with Gasteiger partial charge >= 0.3 is 0 Å². The molecule has 2 atom stereocenters. The topological polar surface area (TPSA) is 12.5 Å². The lowest BCUT2D eigenvalue weighted by Crippen LogP contribution is -2.41. The molecule has 0 heterocycles. The Morgan fingerprint density at radius 3 is 1.86 bits per heavy atom. The van der Waals surface area contributed by atoms with E-state index >= 15 is 0 Å². The smallest absolute Gasteiger partial charge is 0.0593 e. The molecule has 0 aromatic carbocycles. The van der Waals surface area contributed by atoms with Crippen molar-refractivity contribution >= 4 is 0 Å². The third-order valence-electron chi connectivity index (χ3n) is 3.01. The van der Waals surface area contributed by atoms with Crippen LogP contribution in [0, 0.1) is 0 Å². The van der Waals surface area contributed by atoms with Gasteiger partial charge in [0.25, 0.3) is 0 Å². The number of hydrogen-bond acceptors (Lipinski definition) is 2. The van der Waals surface area contributed by atoms with Crippen LogP contribution in [0.25, 0.3) is 0 Å². The second kappa shape index (κ2) is 8.25. The van der Waals surface area contributed by atoms with Crippen molar-refractivity contribution in [2.45, 2.75) is 59.5 Å². The van der Waals surface area contributed by atoms with Crippen molar-refractivity contribution in [2.75, 3.05) is 19.8 Å². The van der Waals surface area contributed by atoms with Crippen LogP contribution >= 0.6 is 0 Å². The van der Waals surface area contributed by atoms with Gasteiger partial charge < -0.3 is 4.74 Å². The van der Waals surface area contributed by atoms with Gasteiger partial charge in [-0.2, -0.15) is 0 Å². The summed E-state index contributed by atoms with van der Waals surface area (Å²) in [4.78, 5) is 2.55. The summed E-state index contributed by atoms with van der Waals surface area (Å²) in [5.74, 6) is 0. The normalized spacial score (nSPS) is 15.9. The molecule has 0 saturated carbocycles. The Morgan fingerprint density at radius 2 is 1.50 bits per heavy atom. The van der Waals surface area contributed by atoms with Gasteiger partial charge in [-0.25, -0.2) is 0 Å². The summed E-state index contributed by atoms with van der Waals surface area (Å²) in [5, 5.41) is 0. The van der Waals surface area contributed by atoms with Crippen molar-refractivity contribution in [3.05, 3.63) is 0 Å². The van der Waals surface area contributed by atoms with Crippen LogP contribution in [0.5, 0.6) is 0 Å². The molecule has 0 aliphatic carbocycles. The molecule has 0 rings (SSSR count). The largest absolute Gasteiger partial charge is 0.380 e. The number of ether oxygens (including phenoxy) is 1. The van der Waals surface area contributed by atoms with Crippen molar-refractivity contribution in [3.63, 3.8) is 0 Å². The summed E-state index contributed by atoms with van der Waals surface area (Å²) < 4.78 is 5.41. The van der Waals surface area contributed by atoms with Crippen LogP contribution in [0.1, 0.15) is 47.5 Å². The molecule has 2 heteroatoms. The molecule has 0 fully saturated rings. The molecule has 0 amide bonds. The van der Waals surface area contributed by atoms with Gasteiger partial charge in [-0.15, -0.1) is 0 Å². The molecule has 0 bridgehead atoms. The summed E-state index contributed by atoms with van der Waals surface area (Å²) in [7, 11) is 0. The second-order valence-corrected chi connectivity index (χ2v) is 3.95. The molecule has 14 heavy (non-hydrogen) atoms. The second-order valence-electron chi connectivity index (χ2n) is 3.95. The fourth-order valence-corrected chi connectivity index (χ4v) is 1.66. The summed E-state index contributed by atoms with van der Waals surface area (Å²) >= 11 is 0. The van der Waals surface area contributed by atoms with Crippen LogP contribution in [0.15, 0.2) is 0 Å². The minimum absolute atomic E-state index is 0.672. The van der Waals surface area contributed by atoms with E-state index in [4.69, 9.17) is 4.74 Å². The highest BCUT2D eigenvalue weighted by molar-refractivity contribution is 4.71. The predicted molar refractivity (Wildman–Crippen MR) is 62.7 cm³/mol. The summed E-state index contributed by atoms with van der Waals surface area (Å²) in [6.45, 7) is 13.9. The zero-order valence-corrected chi connectivity index (χ0v) is 10.5. The maximum absolute atomic E-state index is 5.41. The van der Waals surface area contributed by atoms with Crippen LogP contribution < -0.4 is 0 Å². The Morgan fingerprint density at radius 1 is 1.00 bits per heavy atom. The molecule has 0 saturated heterocycles. The van der Waals surface area contributed by atoms with E-state index in [1.165, 1.54) is 12.8 Å². The van der Waals surface area contributed by atoms with E-state index in [9.17, 15) is 0 Å². The summed E-state index contributed by atoms with van der Waals surface area (Å²) in [6.07, 6.45) is 2.44. The molecule has 0 radical (unpaired) electrons. The monoisotopic (exact) mass is 201 g/mol. The average molecular weight is 201 g/mol. The first kappa shape index (κ1) is 13.9. The average Bonchev–Trinajstić information content (AvgIpc) is 2.22. The lowest BCUT2D eigenvalue weighted by atomic mass is 10.1. The molecule has 86 valence electrons. The van der Waals surface area contributed by atoms with Crippen molar-refractivity contribution in [1.29, 1.82) is 0 Å². The maximum atomic E-state index is 5.41. The molecule has 0 N–H and O–H groups in total. The standard InChI is InChI=1S/C12H27NO/c1-6-11(4)13(12(5)7-2)9-10-14-8-3/h11-12H,6-10H2,1-5H3. The van der Waals surface area contributed by atoms with E-state index in [0.717, 1.165) is 19.8 Å². The Balaban J connectivity index is 3.97. The Kier molecular flexibility index (Phi) is 8.20. The molecular formula is C12H27NO. The van der Waals surface area contributed by atoms with Crippen LogP contribution in [0.2, 0.25) is 0 Å². The first-order chi connectivity index (χ1) is 6.67. The van der Waals surface area contributed by atoms with Gasteiger partial charge in [-0.05, 0) is 33.6 Å².